The maximum absolute atomic E-state index is 2.45. The van der Waals surface area contributed by atoms with Crippen LogP contribution in [0, 0.1) is 13.8 Å². The molecule has 0 heterocycles. The minimum absolute atomic E-state index is 0.817. The second-order valence-electron chi connectivity index (χ2n) is 7.95. The van der Waals surface area contributed by atoms with E-state index in [1.54, 1.807) is 55.7 Å². The summed E-state index contributed by atoms with van der Waals surface area (Å²) in [5.74, 6) is 0. The van der Waals surface area contributed by atoms with Crippen molar-refractivity contribution in [3.8, 4) is 0 Å². The zero-order valence-electron chi connectivity index (χ0n) is 17.6. The van der Waals surface area contributed by atoms with Gasteiger partial charge in [0.25, 0.3) is 0 Å². The van der Waals surface area contributed by atoms with Gasteiger partial charge in [0, 0.05) is 0 Å². The summed E-state index contributed by atoms with van der Waals surface area (Å²) in [5, 5.41) is 2.89. The molecule has 0 saturated heterocycles. The topological polar surface area (TPSA) is 0 Å². The van der Waals surface area contributed by atoms with Gasteiger partial charge in [-0.15, -0.1) is 0 Å². The van der Waals surface area contributed by atoms with Gasteiger partial charge in [-0.05, 0) is 0 Å². The van der Waals surface area contributed by atoms with E-state index in [1.807, 2.05) is 0 Å². The fraction of sp³-hybridized carbons (Fsp3) is 0.583. The molecule has 1 aromatic carbocycles. The molecule has 135 valence electrons. The Morgan fingerprint density at radius 2 is 1.44 bits per heavy atom. The average molecular weight is 396 g/mol. The summed E-state index contributed by atoms with van der Waals surface area (Å²) in [6.45, 7) is 19.3. The van der Waals surface area contributed by atoms with Crippen molar-refractivity contribution in [2.24, 2.45) is 0 Å². The van der Waals surface area contributed by atoms with Gasteiger partial charge < -0.3 is 0 Å². The van der Waals surface area contributed by atoms with Crippen molar-refractivity contribution in [3.05, 3.63) is 44.5 Å². The molecule has 0 aliphatic heterocycles. The van der Waals surface area contributed by atoms with Crippen LogP contribution in [-0.4, -0.2) is 14.3 Å². The first kappa shape index (κ1) is 19.0. The average Bonchev–Trinajstić information content (AvgIpc) is 3.09. The van der Waals surface area contributed by atoms with E-state index < -0.39 is 14.3 Å². The standard InChI is InChI=1S/C24H35Ge/c1-9-18-13-20-16(7)22-15(6)19(10-2)24(25(11-3)12-4)23(22)17(8)21(20)14(18)5/h24H,9-13H2,1-8H3. The molecule has 0 aromatic heterocycles. The second-order valence-corrected chi connectivity index (χ2v) is 14.9. The molecule has 0 spiro atoms. The Kier molecular flexibility index (Phi) is 5.40. The minimum atomic E-state index is -1.10. The number of hydrogen-bond acceptors (Lipinski definition) is 0. The van der Waals surface area contributed by atoms with E-state index in [2.05, 4.69) is 55.4 Å². The van der Waals surface area contributed by atoms with Crippen molar-refractivity contribution in [2.45, 2.75) is 89.9 Å². The van der Waals surface area contributed by atoms with Crippen molar-refractivity contribution in [3.63, 3.8) is 0 Å². The van der Waals surface area contributed by atoms with E-state index >= 15 is 0 Å². The van der Waals surface area contributed by atoms with Crippen LogP contribution < -0.4 is 0 Å². The van der Waals surface area contributed by atoms with Gasteiger partial charge in [-0.1, -0.05) is 0 Å². The molecule has 0 fully saturated rings. The number of fused-ring (bicyclic) bond motifs is 2. The number of allylic oxidation sites excluding steroid dienone is 4. The molecule has 0 amide bonds. The van der Waals surface area contributed by atoms with E-state index in [1.165, 1.54) is 29.8 Å². The van der Waals surface area contributed by atoms with Crippen LogP contribution in [0.2, 0.25) is 10.5 Å². The number of hydrogen-bond donors (Lipinski definition) is 0. The Hall–Kier alpha value is -0.757. The summed E-state index contributed by atoms with van der Waals surface area (Å²) in [6.07, 6.45) is 3.63. The number of benzene rings is 1. The van der Waals surface area contributed by atoms with Crippen molar-refractivity contribution in [1.29, 1.82) is 0 Å². The van der Waals surface area contributed by atoms with Gasteiger partial charge in [0.15, 0.2) is 0 Å². The normalized spacial score (nSPS) is 19.3. The molecular formula is C24H35Ge. The maximum atomic E-state index is 2.45. The molecule has 0 nitrogen and oxygen atoms in total. The Bertz CT molecular complexity index is 772. The Morgan fingerprint density at radius 3 is 1.96 bits per heavy atom. The third kappa shape index (κ3) is 2.62. The van der Waals surface area contributed by atoms with Crippen LogP contribution in [-0.2, 0) is 6.42 Å². The van der Waals surface area contributed by atoms with Crippen molar-refractivity contribution < 1.29 is 0 Å². The van der Waals surface area contributed by atoms with Crippen molar-refractivity contribution >= 4 is 25.5 Å². The van der Waals surface area contributed by atoms with Gasteiger partial charge in [-0.25, -0.2) is 0 Å². The zero-order valence-corrected chi connectivity index (χ0v) is 19.7. The van der Waals surface area contributed by atoms with Gasteiger partial charge >= 0.3 is 160 Å². The molecule has 3 rings (SSSR count). The predicted molar refractivity (Wildman–Crippen MR) is 115 cm³/mol. The van der Waals surface area contributed by atoms with Crippen LogP contribution >= 0.6 is 0 Å². The number of rotatable bonds is 5. The van der Waals surface area contributed by atoms with Gasteiger partial charge in [-0.3, -0.25) is 0 Å². The summed E-state index contributed by atoms with van der Waals surface area (Å²) in [7, 11) is 0. The van der Waals surface area contributed by atoms with E-state index in [0.29, 0.717) is 0 Å². The van der Waals surface area contributed by atoms with E-state index in [9.17, 15) is 0 Å². The molecule has 2 aliphatic rings. The third-order valence-electron chi connectivity index (χ3n) is 7.09. The summed E-state index contributed by atoms with van der Waals surface area (Å²) in [5.41, 5.74) is 16.6. The van der Waals surface area contributed by atoms with Gasteiger partial charge in [-0.2, -0.15) is 0 Å². The van der Waals surface area contributed by atoms with Gasteiger partial charge in [0.1, 0.15) is 0 Å². The fourth-order valence-corrected chi connectivity index (χ4v) is 12.0. The van der Waals surface area contributed by atoms with Crippen LogP contribution in [0.5, 0.6) is 0 Å². The van der Waals surface area contributed by atoms with Crippen LogP contribution in [0.15, 0.2) is 11.1 Å². The molecule has 0 bridgehead atoms. The summed E-state index contributed by atoms with van der Waals surface area (Å²) in [4.78, 5) is 0. The molecule has 0 saturated carbocycles. The van der Waals surface area contributed by atoms with Crippen LogP contribution in [0.3, 0.4) is 0 Å². The summed E-state index contributed by atoms with van der Waals surface area (Å²) >= 11 is -1.10. The fourth-order valence-electron chi connectivity index (χ4n) is 5.70. The van der Waals surface area contributed by atoms with Crippen LogP contribution in [0.1, 0.15) is 92.5 Å². The molecule has 2 aliphatic carbocycles. The molecule has 0 N–H and O–H groups in total. The molecule has 1 radical (unpaired) electrons. The molecule has 1 atom stereocenters. The Labute approximate surface area is 159 Å². The monoisotopic (exact) mass is 397 g/mol. The second kappa shape index (κ2) is 7.10. The zero-order chi connectivity index (χ0) is 18.5. The Balaban J connectivity index is 2.32. The SMILES string of the molecule is CCC1=C(C)c2c(C)c3c(c(C)c2C1)C(C)=C(CC)[CH]3[Ge]([CH2]C)[CH2]C. The predicted octanol–water partition coefficient (Wildman–Crippen LogP) is 7.40. The van der Waals surface area contributed by atoms with E-state index in [0.717, 1.165) is 4.75 Å². The summed E-state index contributed by atoms with van der Waals surface area (Å²) in [6, 6.07) is 0. The first-order chi connectivity index (χ1) is 11.9. The van der Waals surface area contributed by atoms with Crippen LogP contribution in [0.4, 0.5) is 0 Å². The van der Waals surface area contributed by atoms with Crippen LogP contribution in [0.25, 0.3) is 11.1 Å². The first-order valence-corrected chi connectivity index (χ1v) is 14.5. The van der Waals surface area contributed by atoms with Crippen molar-refractivity contribution in [1.82, 2.24) is 0 Å². The van der Waals surface area contributed by atoms with Crippen molar-refractivity contribution in [2.75, 3.05) is 0 Å². The van der Waals surface area contributed by atoms with Gasteiger partial charge in [0.2, 0.25) is 0 Å². The van der Waals surface area contributed by atoms with E-state index in [-0.39, 0.29) is 0 Å². The van der Waals surface area contributed by atoms with Gasteiger partial charge in [0.05, 0.1) is 0 Å². The molecule has 1 heteroatoms. The summed E-state index contributed by atoms with van der Waals surface area (Å²) < 4.78 is 0.817. The Morgan fingerprint density at radius 1 is 0.800 bits per heavy atom. The molecule has 1 aromatic rings. The quantitative estimate of drug-likeness (QED) is 0.455. The molecule has 25 heavy (non-hydrogen) atoms. The first-order valence-electron chi connectivity index (χ1n) is 10.3. The third-order valence-corrected chi connectivity index (χ3v) is 14.0. The molecular weight excluding hydrogens is 361 g/mol. The van der Waals surface area contributed by atoms with E-state index in [4.69, 9.17) is 0 Å². The molecule has 1 unspecified atom stereocenters.